The minimum absolute atomic E-state index is 0.290. The topological polar surface area (TPSA) is 56.7 Å². The Kier molecular flexibility index (Phi) is 7.55. The van der Waals surface area contributed by atoms with Gasteiger partial charge in [-0.1, -0.05) is 24.3 Å². The maximum Gasteiger partial charge on any atom is 0.322 e. The number of aryl methyl sites for hydroxylation is 1. The largest absolute Gasteiger partial charge is 0.480 e. The third-order valence-corrected chi connectivity index (χ3v) is 7.82. The lowest BCUT2D eigenvalue weighted by atomic mass is 10.0. The molecule has 1 aliphatic rings. The third-order valence-electron chi connectivity index (χ3n) is 5.71. The van der Waals surface area contributed by atoms with Crippen LogP contribution in [0, 0.1) is 5.82 Å². The van der Waals surface area contributed by atoms with E-state index in [0.717, 1.165) is 36.3 Å². The van der Waals surface area contributed by atoms with Gasteiger partial charge in [0.15, 0.2) is 0 Å². The van der Waals surface area contributed by atoms with Crippen LogP contribution in [0.4, 0.5) is 4.39 Å². The first-order valence-electron chi connectivity index (χ1n) is 10.5. The number of hydrogen-bond donors (Lipinski definition) is 1. The van der Waals surface area contributed by atoms with E-state index in [-0.39, 0.29) is 5.82 Å². The Morgan fingerprint density at radius 2 is 2.10 bits per heavy atom. The van der Waals surface area contributed by atoms with Gasteiger partial charge in [-0.05, 0) is 42.5 Å². The maximum absolute atomic E-state index is 14.4. The zero-order valence-corrected chi connectivity index (χ0v) is 18.9. The molecule has 0 amide bonds. The molecule has 1 aromatic carbocycles. The molecule has 0 spiro atoms. The van der Waals surface area contributed by atoms with Gasteiger partial charge in [-0.3, -0.25) is 19.6 Å². The number of piperazine rings is 1. The zero-order valence-electron chi connectivity index (χ0n) is 17.2. The molecule has 1 aliphatic heterocycles. The standard InChI is InChI=1S/C23H26FN3O2S2/c24-19-15-25-20-7-2-1-5-18(20)17(19)6-3-9-27-11-10-26(16-21(27)23(28)29)12-14-31-22-8-4-13-30-22/h1-2,4-5,7-8,13,15,21H,3,6,9-12,14,16H2,(H,28,29)/t21-/m1/s1. The van der Waals surface area contributed by atoms with E-state index >= 15 is 0 Å². The number of thioether (sulfide) groups is 1. The smallest absolute Gasteiger partial charge is 0.322 e. The quantitative estimate of drug-likeness (QED) is 0.483. The van der Waals surface area contributed by atoms with Crippen molar-refractivity contribution >= 4 is 40.0 Å². The summed E-state index contributed by atoms with van der Waals surface area (Å²) in [5.41, 5.74) is 1.46. The molecule has 31 heavy (non-hydrogen) atoms. The summed E-state index contributed by atoms with van der Waals surface area (Å²) in [7, 11) is 0. The first kappa shape index (κ1) is 22.2. The summed E-state index contributed by atoms with van der Waals surface area (Å²) >= 11 is 3.56. The number of carboxylic acid groups (broad SMARTS) is 1. The molecule has 8 heteroatoms. The Bertz CT molecular complexity index is 1020. The lowest BCUT2D eigenvalue weighted by molar-refractivity contribution is -0.145. The number of carbonyl (C=O) groups is 1. The van der Waals surface area contributed by atoms with Crippen LogP contribution in [0.15, 0.2) is 52.2 Å². The molecule has 3 heterocycles. The second kappa shape index (κ2) is 10.5. The first-order valence-corrected chi connectivity index (χ1v) is 12.4. The predicted molar refractivity (Wildman–Crippen MR) is 125 cm³/mol. The van der Waals surface area contributed by atoms with Crippen LogP contribution in [-0.4, -0.2) is 70.4 Å². The van der Waals surface area contributed by atoms with Gasteiger partial charge in [-0.2, -0.15) is 0 Å². The Labute approximate surface area is 189 Å². The van der Waals surface area contributed by atoms with E-state index in [4.69, 9.17) is 0 Å². The molecule has 1 saturated heterocycles. The van der Waals surface area contributed by atoms with Gasteiger partial charge in [0.2, 0.25) is 0 Å². The van der Waals surface area contributed by atoms with Crippen LogP contribution < -0.4 is 0 Å². The molecule has 0 aliphatic carbocycles. The fourth-order valence-corrected chi connectivity index (χ4v) is 5.95. The summed E-state index contributed by atoms with van der Waals surface area (Å²) in [6.07, 6.45) is 2.56. The fraction of sp³-hybridized carbons (Fsp3) is 0.391. The number of halogens is 1. The van der Waals surface area contributed by atoms with E-state index in [1.807, 2.05) is 47.0 Å². The summed E-state index contributed by atoms with van der Waals surface area (Å²) in [6.45, 7) is 3.65. The summed E-state index contributed by atoms with van der Waals surface area (Å²) in [6, 6.07) is 11.2. The second-order valence-corrected chi connectivity index (χ2v) is 10.0. The van der Waals surface area contributed by atoms with E-state index in [1.54, 1.807) is 11.3 Å². The highest BCUT2D eigenvalue weighted by molar-refractivity contribution is 8.01. The van der Waals surface area contributed by atoms with E-state index in [1.165, 1.54) is 10.4 Å². The van der Waals surface area contributed by atoms with Crippen LogP contribution in [0.3, 0.4) is 0 Å². The van der Waals surface area contributed by atoms with Crippen molar-refractivity contribution in [3.63, 3.8) is 0 Å². The minimum atomic E-state index is -0.781. The van der Waals surface area contributed by atoms with Gasteiger partial charge in [0.05, 0.1) is 15.9 Å². The van der Waals surface area contributed by atoms with Crippen LogP contribution in [0.25, 0.3) is 10.9 Å². The van der Waals surface area contributed by atoms with Crippen molar-refractivity contribution in [3.05, 3.63) is 59.4 Å². The number of carboxylic acids is 1. The fourth-order valence-electron chi connectivity index (χ4n) is 4.09. The second-order valence-electron chi connectivity index (χ2n) is 7.68. The highest BCUT2D eigenvalue weighted by atomic mass is 32.2. The Morgan fingerprint density at radius 1 is 1.23 bits per heavy atom. The predicted octanol–water partition coefficient (Wildman–Crippen LogP) is 4.23. The monoisotopic (exact) mass is 459 g/mol. The van der Waals surface area contributed by atoms with Crippen LogP contribution in [0.2, 0.25) is 0 Å². The normalized spacial score (nSPS) is 17.9. The molecule has 0 radical (unpaired) electrons. The van der Waals surface area contributed by atoms with Crippen LogP contribution in [0.5, 0.6) is 0 Å². The molecule has 1 N–H and O–H groups in total. The average molecular weight is 460 g/mol. The number of aliphatic carboxylic acids is 1. The highest BCUT2D eigenvalue weighted by Gasteiger charge is 2.31. The molecule has 1 fully saturated rings. The Balaban J connectivity index is 1.30. The lowest BCUT2D eigenvalue weighted by Crippen LogP contribution is -2.56. The number of para-hydroxylation sites is 1. The van der Waals surface area contributed by atoms with Crippen molar-refractivity contribution in [2.45, 2.75) is 23.1 Å². The zero-order chi connectivity index (χ0) is 21.6. The summed E-state index contributed by atoms with van der Waals surface area (Å²) in [4.78, 5) is 20.3. The van der Waals surface area contributed by atoms with Crippen molar-refractivity contribution in [2.75, 3.05) is 38.5 Å². The maximum atomic E-state index is 14.4. The van der Waals surface area contributed by atoms with Gasteiger partial charge >= 0.3 is 5.97 Å². The van der Waals surface area contributed by atoms with Gasteiger partial charge in [0.25, 0.3) is 0 Å². The lowest BCUT2D eigenvalue weighted by Gasteiger charge is -2.39. The molecule has 3 aromatic rings. The molecule has 1 atom stereocenters. The number of hydrogen-bond acceptors (Lipinski definition) is 6. The minimum Gasteiger partial charge on any atom is -0.480 e. The molecular weight excluding hydrogens is 433 g/mol. The van der Waals surface area contributed by atoms with E-state index < -0.39 is 12.0 Å². The van der Waals surface area contributed by atoms with Gasteiger partial charge in [0, 0.05) is 37.3 Å². The van der Waals surface area contributed by atoms with Crippen molar-refractivity contribution < 1.29 is 14.3 Å². The van der Waals surface area contributed by atoms with Gasteiger partial charge in [-0.15, -0.1) is 23.1 Å². The number of thiophene rings is 1. The summed E-state index contributed by atoms with van der Waals surface area (Å²) in [5, 5.41) is 12.7. The number of pyridine rings is 1. The van der Waals surface area contributed by atoms with Crippen molar-refractivity contribution in [1.29, 1.82) is 0 Å². The van der Waals surface area contributed by atoms with E-state index in [9.17, 15) is 14.3 Å². The first-order chi connectivity index (χ1) is 15.1. The number of rotatable bonds is 9. The number of aromatic nitrogens is 1. The van der Waals surface area contributed by atoms with Crippen molar-refractivity contribution in [3.8, 4) is 0 Å². The van der Waals surface area contributed by atoms with Gasteiger partial charge in [0.1, 0.15) is 11.9 Å². The van der Waals surface area contributed by atoms with Crippen LogP contribution >= 0.6 is 23.1 Å². The Morgan fingerprint density at radius 3 is 2.90 bits per heavy atom. The number of benzene rings is 1. The van der Waals surface area contributed by atoms with Crippen LogP contribution in [0.1, 0.15) is 12.0 Å². The Hall–Kier alpha value is -2.00. The van der Waals surface area contributed by atoms with Gasteiger partial charge < -0.3 is 5.11 Å². The van der Waals surface area contributed by atoms with Gasteiger partial charge in [-0.25, -0.2) is 4.39 Å². The molecule has 5 nitrogen and oxygen atoms in total. The number of nitrogens with zero attached hydrogens (tertiary/aromatic N) is 3. The molecule has 0 saturated carbocycles. The molecule has 2 aromatic heterocycles. The van der Waals surface area contributed by atoms with Crippen LogP contribution in [-0.2, 0) is 11.2 Å². The summed E-state index contributed by atoms with van der Waals surface area (Å²) < 4.78 is 15.7. The summed E-state index contributed by atoms with van der Waals surface area (Å²) in [5.74, 6) is -0.112. The van der Waals surface area contributed by atoms with Crippen molar-refractivity contribution in [1.82, 2.24) is 14.8 Å². The molecule has 164 valence electrons. The molecule has 0 unspecified atom stereocenters. The average Bonchev–Trinajstić information content (AvgIpc) is 3.29. The molecule has 0 bridgehead atoms. The third kappa shape index (κ3) is 5.63. The SMILES string of the molecule is O=C(O)[C@H]1CN(CCSc2cccs2)CCN1CCCc1c(F)cnc2ccccc12. The molecule has 4 rings (SSSR count). The van der Waals surface area contributed by atoms with Crippen molar-refractivity contribution in [2.24, 2.45) is 0 Å². The van der Waals surface area contributed by atoms with E-state index in [0.29, 0.717) is 31.5 Å². The molecular formula is C23H26FN3O2S2. The number of fused-ring (bicyclic) bond motifs is 1. The highest BCUT2D eigenvalue weighted by Crippen LogP contribution is 2.24. The van der Waals surface area contributed by atoms with E-state index in [2.05, 4.69) is 21.3 Å².